The van der Waals surface area contributed by atoms with Crippen molar-refractivity contribution in [1.82, 2.24) is 0 Å². The summed E-state index contributed by atoms with van der Waals surface area (Å²) in [4.78, 5) is 0. The van der Waals surface area contributed by atoms with Gasteiger partial charge in [0.25, 0.3) is 0 Å². The lowest BCUT2D eigenvalue weighted by molar-refractivity contribution is 0.297. The van der Waals surface area contributed by atoms with Crippen LogP contribution in [0, 0.1) is 12.3 Å². The fourth-order valence-corrected chi connectivity index (χ4v) is 2.76. The fourth-order valence-electron chi connectivity index (χ4n) is 2.15. The van der Waals surface area contributed by atoms with Crippen molar-refractivity contribution in [2.75, 3.05) is 25.6 Å². The zero-order valence-corrected chi connectivity index (χ0v) is 15.4. The van der Waals surface area contributed by atoms with Gasteiger partial charge < -0.3 is 19.5 Å². The third kappa shape index (κ3) is 4.84. The van der Waals surface area contributed by atoms with Crippen LogP contribution in [0.1, 0.15) is 12.5 Å². The van der Waals surface area contributed by atoms with Crippen LogP contribution in [-0.4, -0.2) is 20.3 Å². The predicted octanol–water partition coefficient (Wildman–Crippen LogP) is 4.48. The third-order valence-electron chi connectivity index (χ3n) is 3.26. The van der Waals surface area contributed by atoms with Gasteiger partial charge in [-0.25, -0.2) is 0 Å². The minimum absolute atomic E-state index is 0.197. The van der Waals surface area contributed by atoms with Crippen LogP contribution < -0.4 is 19.5 Å². The molecule has 4 nitrogen and oxygen atoms in total. The molecule has 2 aromatic rings. The van der Waals surface area contributed by atoms with Gasteiger partial charge in [0.05, 0.1) is 18.2 Å². The molecule has 0 amide bonds. The molecule has 2 aromatic carbocycles. The number of hydrogen-bond acceptors (Lipinski definition) is 4. The Morgan fingerprint density at radius 1 is 1.17 bits per heavy atom. The van der Waals surface area contributed by atoms with Crippen molar-refractivity contribution in [3.63, 3.8) is 0 Å². The first-order valence-corrected chi connectivity index (χ1v) is 8.36. The first-order valence-electron chi connectivity index (χ1n) is 7.57. The number of terminal acetylenes is 1. The quantitative estimate of drug-likeness (QED) is 0.675. The van der Waals surface area contributed by atoms with Crippen molar-refractivity contribution in [2.24, 2.45) is 0 Å². The maximum atomic E-state index is 5.67. The summed E-state index contributed by atoms with van der Waals surface area (Å²) in [5.74, 6) is 4.60. The fraction of sp³-hybridized carbons (Fsp3) is 0.263. The number of hydrogen-bond donors (Lipinski definition) is 1. The largest absolute Gasteiger partial charge is 0.497 e. The van der Waals surface area contributed by atoms with E-state index in [0.717, 1.165) is 21.5 Å². The van der Waals surface area contributed by atoms with Gasteiger partial charge in [0.1, 0.15) is 12.4 Å². The highest BCUT2D eigenvalue weighted by Crippen LogP contribution is 2.37. The smallest absolute Gasteiger partial charge is 0.176 e. The summed E-state index contributed by atoms with van der Waals surface area (Å²) in [7, 11) is 1.65. The van der Waals surface area contributed by atoms with Gasteiger partial charge in [-0.3, -0.25) is 0 Å². The molecule has 0 aliphatic carbocycles. The third-order valence-corrected chi connectivity index (χ3v) is 3.84. The van der Waals surface area contributed by atoms with Crippen LogP contribution in [-0.2, 0) is 6.54 Å². The molecular formula is C19H20BrNO3. The molecule has 5 heteroatoms. The highest BCUT2D eigenvalue weighted by Gasteiger charge is 2.12. The van der Waals surface area contributed by atoms with Crippen molar-refractivity contribution >= 4 is 21.6 Å². The molecule has 1 N–H and O–H groups in total. The highest BCUT2D eigenvalue weighted by atomic mass is 79.9. The highest BCUT2D eigenvalue weighted by molar-refractivity contribution is 9.10. The molecule has 0 bridgehead atoms. The molecule has 2 rings (SSSR count). The topological polar surface area (TPSA) is 39.7 Å². The first-order chi connectivity index (χ1) is 11.7. The van der Waals surface area contributed by atoms with E-state index in [1.807, 2.05) is 43.3 Å². The van der Waals surface area contributed by atoms with E-state index in [4.69, 9.17) is 20.6 Å². The second-order valence-electron chi connectivity index (χ2n) is 4.91. The molecule has 0 saturated carbocycles. The molecular weight excluding hydrogens is 370 g/mol. The lowest BCUT2D eigenvalue weighted by Crippen LogP contribution is -2.04. The Labute approximate surface area is 151 Å². The Morgan fingerprint density at radius 3 is 2.54 bits per heavy atom. The summed E-state index contributed by atoms with van der Waals surface area (Å²) in [5.41, 5.74) is 2.08. The summed E-state index contributed by atoms with van der Waals surface area (Å²) in [6.45, 7) is 3.33. The van der Waals surface area contributed by atoms with Crippen LogP contribution in [0.2, 0.25) is 0 Å². The average molecular weight is 390 g/mol. The maximum absolute atomic E-state index is 5.67. The zero-order valence-electron chi connectivity index (χ0n) is 13.8. The van der Waals surface area contributed by atoms with E-state index in [0.29, 0.717) is 24.7 Å². The number of methoxy groups -OCH3 is 1. The SMILES string of the molecule is C#CCOc1c(Br)cc(CNc2ccc(OC)cc2)cc1OCC. The van der Waals surface area contributed by atoms with Crippen LogP contribution in [0.25, 0.3) is 0 Å². The van der Waals surface area contributed by atoms with Crippen LogP contribution in [0.5, 0.6) is 17.2 Å². The Bertz CT molecular complexity index is 708. The van der Waals surface area contributed by atoms with Gasteiger partial charge in [-0.1, -0.05) is 5.92 Å². The molecule has 24 heavy (non-hydrogen) atoms. The van der Waals surface area contributed by atoms with E-state index in [1.54, 1.807) is 7.11 Å². The Kier molecular flexibility index (Phi) is 6.83. The standard InChI is InChI=1S/C19H20BrNO3/c1-4-10-24-19-17(20)11-14(12-18(19)23-5-2)13-21-15-6-8-16(22-3)9-7-15/h1,6-9,11-12,21H,5,10,13H2,2-3H3. The molecule has 0 atom stereocenters. The van der Waals surface area contributed by atoms with Crippen molar-refractivity contribution in [1.29, 1.82) is 0 Å². The summed E-state index contributed by atoms with van der Waals surface area (Å²) in [6.07, 6.45) is 5.26. The number of anilines is 1. The summed E-state index contributed by atoms with van der Waals surface area (Å²) in [6, 6.07) is 11.7. The molecule has 0 aromatic heterocycles. The number of nitrogens with one attached hydrogen (secondary N) is 1. The molecule has 0 heterocycles. The van der Waals surface area contributed by atoms with Gasteiger partial charge in [0.2, 0.25) is 0 Å². The Morgan fingerprint density at radius 2 is 1.92 bits per heavy atom. The molecule has 126 valence electrons. The van der Waals surface area contributed by atoms with Crippen LogP contribution in [0.4, 0.5) is 5.69 Å². The normalized spacial score (nSPS) is 9.92. The van der Waals surface area contributed by atoms with E-state index in [2.05, 4.69) is 27.2 Å². The average Bonchev–Trinajstić information content (AvgIpc) is 2.60. The van der Waals surface area contributed by atoms with Crippen LogP contribution >= 0.6 is 15.9 Å². The van der Waals surface area contributed by atoms with Gasteiger partial charge in [0.15, 0.2) is 11.5 Å². The minimum atomic E-state index is 0.197. The molecule has 0 unspecified atom stereocenters. The minimum Gasteiger partial charge on any atom is -0.497 e. The number of benzene rings is 2. The molecule has 0 saturated heterocycles. The Hall–Kier alpha value is -2.32. The van der Waals surface area contributed by atoms with Crippen molar-refractivity contribution < 1.29 is 14.2 Å². The predicted molar refractivity (Wildman–Crippen MR) is 100.0 cm³/mol. The Balaban J connectivity index is 2.13. The summed E-state index contributed by atoms with van der Waals surface area (Å²) >= 11 is 3.53. The van der Waals surface area contributed by atoms with Gasteiger partial charge >= 0.3 is 0 Å². The van der Waals surface area contributed by atoms with Gasteiger partial charge in [-0.05, 0) is 64.8 Å². The van der Waals surface area contributed by atoms with Gasteiger partial charge in [0, 0.05) is 12.2 Å². The monoisotopic (exact) mass is 389 g/mol. The zero-order chi connectivity index (χ0) is 17.4. The second-order valence-corrected chi connectivity index (χ2v) is 5.77. The summed E-state index contributed by atoms with van der Waals surface area (Å²) in [5, 5.41) is 3.37. The van der Waals surface area contributed by atoms with E-state index in [9.17, 15) is 0 Å². The number of ether oxygens (including phenoxy) is 3. The van der Waals surface area contributed by atoms with E-state index in [1.165, 1.54) is 0 Å². The lowest BCUT2D eigenvalue weighted by atomic mass is 10.2. The first kappa shape index (κ1) is 18.0. The van der Waals surface area contributed by atoms with Crippen LogP contribution in [0.3, 0.4) is 0 Å². The summed E-state index contributed by atoms with van der Waals surface area (Å²) < 4.78 is 17.2. The maximum Gasteiger partial charge on any atom is 0.176 e. The van der Waals surface area contributed by atoms with Crippen molar-refractivity contribution in [2.45, 2.75) is 13.5 Å². The molecule has 0 aliphatic rings. The van der Waals surface area contributed by atoms with Gasteiger partial charge in [-0.15, -0.1) is 6.42 Å². The lowest BCUT2D eigenvalue weighted by Gasteiger charge is -2.15. The van der Waals surface area contributed by atoms with Crippen molar-refractivity contribution in [3.8, 4) is 29.6 Å². The molecule has 0 fully saturated rings. The number of rotatable bonds is 8. The van der Waals surface area contributed by atoms with E-state index >= 15 is 0 Å². The molecule has 0 aliphatic heterocycles. The van der Waals surface area contributed by atoms with Crippen LogP contribution in [0.15, 0.2) is 40.9 Å². The van der Waals surface area contributed by atoms with E-state index in [-0.39, 0.29) is 6.61 Å². The molecule has 0 spiro atoms. The van der Waals surface area contributed by atoms with E-state index < -0.39 is 0 Å². The van der Waals surface area contributed by atoms with Crippen molar-refractivity contribution in [3.05, 3.63) is 46.4 Å². The molecule has 0 radical (unpaired) electrons. The number of halogens is 1. The van der Waals surface area contributed by atoms with Gasteiger partial charge in [-0.2, -0.15) is 0 Å². The second kappa shape index (κ2) is 9.09.